The molecular weight excluding hydrogens is 290 g/mol. The third kappa shape index (κ3) is 1.87. The second-order valence-corrected chi connectivity index (χ2v) is 5.50. The van der Waals surface area contributed by atoms with Gasteiger partial charge in [0.2, 0.25) is 5.91 Å². The monoisotopic (exact) mass is 303 g/mol. The van der Waals surface area contributed by atoms with Crippen LogP contribution in [-0.2, 0) is 4.79 Å². The summed E-state index contributed by atoms with van der Waals surface area (Å²) in [5.74, 6) is -1.10. The normalized spacial score (nSPS) is 17.5. The van der Waals surface area contributed by atoms with E-state index in [9.17, 15) is 24.5 Å². The lowest BCUT2D eigenvalue weighted by atomic mass is 10.0. The summed E-state index contributed by atoms with van der Waals surface area (Å²) in [5, 5.41) is 11.0. The highest BCUT2D eigenvalue weighted by molar-refractivity contribution is 6.22. The van der Waals surface area contributed by atoms with E-state index in [0.717, 1.165) is 11.0 Å². The van der Waals surface area contributed by atoms with Gasteiger partial charge >= 0.3 is 0 Å². The predicted octanol–water partition coefficient (Wildman–Crippen LogP) is 0.730. The van der Waals surface area contributed by atoms with Crippen LogP contribution in [0.2, 0.25) is 0 Å². The van der Waals surface area contributed by atoms with Crippen LogP contribution in [-0.4, -0.2) is 51.6 Å². The number of nitrogens with zero attached hydrogens (tertiary/aromatic N) is 3. The van der Waals surface area contributed by atoms with Crippen LogP contribution < -0.4 is 0 Å². The topological polar surface area (TPSA) is 101 Å². The Morgan fingerprint density at radius 1 is 1.23 bits per heavy atom. The van der Waals surface area contributed by atoms with Gasteiger partial charge in [-0.3, -0.25) is 29.4 Å². The minimum Gasteiger partial charge on any atom is -0.339 e. The number of benzene rings is 1. The SMILES string of the molecule is CC(=O)N1CC(N2C(=O)c3cc(C)c([N+](=O)[O-])cc3C2=O)C1. The van der Waals surface area contributed by atoms with Gasteiger partial charge in [0.1, 0.15) is 0 Å². The molecule has 22 heavy (non-hydrogen) atoms. The molecule has 0 saturated carbocycles. The van der Waals surface area contributed by atoms with E-state index in [4.69, 9.17) is 0 Å². The number of likely N-dealkylation sites (tertiary alicyclic amines) is 1. The van der Waals surface area contributed by atoms with Crippen LogP contribution >= 0.6 is 0 Å². The Bertz CT molecular complexity index is 736. The molecule has 3 amide bonds. The zero-order valence-corrected chi connectivity index (χ0v) is 12.0. The predicted molar refractivity (Wildman–Crippen MR) is 74.4 cm³/mol. The molecule has 2 aliphatic heterocycles. The van der Waals surface area contributed by atoms with E-state index in [1.54, 1.807) is 0 Å². The van der Waals surface area contributed by atoms with Crippen molar-refractivity contribution in [2.75, 3.05) is 13.1 Å². The van der Waals surface area contributed by atoms with Crippen LogP contribution in [0, 0.1) is 17.0 Å². The van der Waals surface area contributed by atoms with Crippen molar-refractivity contribution in [3.05, 3.63) is 38.9 Å². The maximum Gasteiger partial charge on any atom is 0.273 e. The first-order valence-electron chi connectivity index (χ1n) is 6.73. The molecule has 3 rings (SSSR count). The lowest BCUT2D eigenvalue weighted by Gasteiger charge is -2.42. The summed E-state index contributed by atoms with van der Waals surface area (Å²) in [7, 11) is 0. The lowest BCUT2D eigenvalue weighted by Crippen LogP contribution is -2.61. The number of amides is 3. The summed E-state index contributed by atoms with van der Waals surface area (Å²) in [6, 6.07) is 2.18. The molecule has 2 aliphatic rings. The van der Waals surface area contributed by atoms with Crippen molar-refractivity contribution in [2.24, 2.45) is 0 Å². The molecule has 8 nitrogen and oxygen atoms in total. The zero-order chi connectivity index (χ0) is 16.2. The highest BCUT2D eigenvalue weighted by Crippen LogP contribution is 2.32. The molecule has 114 valence electrons. The fourth-order valence-electron chi connectivity index (χ4n) is 2.81. The molecule has 0 spiro atoms. The fourth-order valence-corrected chi connectivity index (χ4v) is 2.81. The van der Waals surface area contributed by atoms with E-state index in [0.29, 0.717) is 18.7 Å². The molecule has 8 heteroatoms. The van der Waals surface area contributed by atoms with Crippen molar-refractivity contribution < 1.29 is 19.3 Å². The maximum atomic E-state index is 12.4. The van der Waals surface area contributed by atoms with Crippen molar-refractivity contribution in [3.8, 4) is 0 Å². The summed E-state index contributed by atoms with van der Waals surface area (Å²) < 4.78 is 0. The Balaban J connectivity index is 1.93. The standard InChI is InChI=1S/C14H13N3O5/c1-7-3-10-11(4-12(7)17(21)22)14(20)16(13(10)19)9-5-15(6-9)8(2)18/h3-4,9H,5-6H2,1-2H3. The number of rotatable bonds is 2. The van der Waals surface area contributed by atoms with Crippen molar-refractivity contribution in [3.63, 3.8) is 0 Å². The Kier molecular flexibility index (Phi) is 2.98. The van der Waals surface area contributed by atoms with E-state index in [2.05, 4.69) is 0 Å². The average molecular weight is 303 g/mol. The molecule has 1 aromatic carbocycles. The fraction of sp³-hybridized carbons (Fsp3) is 0.357. The van der Waals surface area contributed by atoms with Gasteiger partial charge in [-0.25, -0.2) is 0 Å². The Labute approximate surface area is 125 Å². The van der Waals surface area contributed by atoms with E-state index in [1.807, 2.05) is 0 Å². The summed E-state index contributed by atoms with van der Waals surface area (Å²) in [6.45, 7) is 3.56. The molecule has 1 saturated heterocycles. The van der Waals surface area contributed by atoms with E-state index < -0.39 is 16.7 Å². The first kappa shape index (κ1) is 14.2. The molecule has 0 atom stereocenters. The first-order valence-corrected chi connectivity index (χ1v) is 6.73. The Morgan fingerprint density at radius 2 is 1.77 bits per heavy atom. The Morgan fingerprint density at radius 3 is 2.27 bits per heavy atom. The largest absolute Gasteiger partial charge is 0.339 e. The van der Waals surface area contributed by atoms with Gasteiger partial charge in [-0.2, -0.15) is 0 Å². The van der Waals surface area contributed by atoms with Gasteiger partial charge in [-0.05, 0) is 13.0 Å². The number of nitro benzene ring substituents is 1. The second-order valence-electron chi connectivity index (χ2n) is 5.50. The minimum absolute atomic E-state index is 0.0589. The molecule has 0 aliphatic carbocycles. The average Bonchev–Trinajstić information content (AvgIpc) is 2.60. The number of fused-ring (bicyclic) bond motifs is 1. The quantitative estimate of drug-likeness (QED) is 0.455. The summed E-state index contributed by atoms with van der Waals surface area (Å²) in [4.78, 5) is 49.0. The van der Waals surface area contributed by atoms with Gasteiger partial charge in [-0.1, -0.05) is 0 Å². The van der Waals surface area contributed by atoms with E-state index in [1.165, 1.54) is 24.8 Å². The smallest absolute Gasteiger partial charge is 0.273 e. The van der Waals surface area contributed by atoms with E-state index in [-0.39, 0.29) is 28.8 Å². The molecule has 2 heterocycles. The third-order valence-corrected chi connectivity index (χ3v) is 4.10. The number of aryl methyl sites for hydroxylation is 1. The highest BCUT2D eigenvalue weighted by Gasteiger charge is 2.45. The molecule has 0 aromatic heterocycles. The molecule has 0 N–H and O–H groups in total. The van der Waals surface area contributed by atoms with Gasteiger partial charge < -0.3 is 4.90 Å². The van der Waals surface area contributed by atoms with Crippen LogP contribution in [0.4, 0.5) is 5.69 Å². The highest BCUT2D eigenvalue weighted by atomic mass is 16.6. The van der Waals surface area contributed by atoms with Crippen molar-refractivity contribution in [1.29, 1.82) is 0 Å². The number of carbonyl (C=O) groups excluding carboxylic acids is 3. The number of carbonyl (C=O) groups is 3. The molecule has 0 unspecified atom stereocenters. The van der Waals surface area contributed by atoms with Gasteiger partial charge in [-0.15, -0.1) is 0 Å². The Hall–Kier alpha value is -2.77. The molecule has 1 aromatic rings. The number of hydrogen-bond acceptors (Lipinski definition) is 5. The first-order chi connectivity index (χ1) is 10.3. The van der Waals surface area contributed by atoms with Crippen LogP contribution in [0.3, 0.4) is 0 Å². The molecule has 0 radical (unpaired) electrons. The van der Waals surface area contributed by atoms with Crippen molar-refractivity contribution in [2.45, 2.75) is 19.9 Å². The van der Waals surface area contributed by atoms with Gasteiger partial charge in [0.25, 0.3) is 17.5 Å². The number of hydrogen-bond donors (Lipinski definition) is 0. The maximum absolute atomic E-state index is 12.4. The number of nitro groups is 1. The van der Waals surface area contributed by atoms with Crippen LogP contribution in [0.15, 0.2) is 12.1 Å². The van der Waals surface area contributed by atoms with Gasteiger partial charge in [0, 0.05) is 31.6 Å². The molecule has 0 bridgehead atoms. The van der Waals surface area contributed by atoms with E-state index >= 15 is 0 Å². The third-order valence-electron chi connectivity index (χ3n) is 4.10. The van der Waals surface area contributed by atoms with Crippen LogP contribution in [0.5, 0.6) is 0 Å². The summed E-state index contributed by atoms with van der Waals surface area (Å²) >= 11 is 0. The lowest BCUT2D eigenvalue weighted by molar-refractivity contribution is -0.385. The molecule has 1 fully saturated rings. The van der Waals surface area contributed by atoms with Gasteiger partial charge in [0.15, 0.2) is 0 Å². The van der Waals surface area contributed by atoms with Crippen molar-refractivity contribution in [1.82, 2.24) is 9.80 Å². The van der Waals surface area contributed by atoms with Gasteiger partial charge in [0.05, 0.1) is 22.1 Å². The van der Waals surface area contributed by atoms with Crippen LogP contribution in [0.1, 0.15) is 33.2 Å². The van der Waals surface area contributed by atoms with Crippen molar-refractivity contribution >= 4 is 23.4 Å². The summed E-state index contributed by atoms with van der Waals surface area (Å²) in [6.07, 6.45) is 0. The zero-order valence-electron chi connectivity index (χ0n) is 12.0. The second kappa shape index (κ2) is 4.62. The number of imide groups is 1. The summed E-state index contributed by atoms with van der Waals surface area (Å²) in [5.41, 5.74) is 0.407. The van der Waals surface area contributed by atoms with Crippen LogP contribution in [0.25, 0.3) is 0 Å². The molecular formula is C14H13N3O5. The minimum atomic E-state index is -0.573.